The predicted octanol–water partition coefficient (Wildman–Crippen LogP) is 2.89. The zero-order valence-corrected chi connectivity index (χ0v) is 14.2. The average molecular weight is 344 g/mol. The van der Waals surface area contributed by atoms with Gasteiger partial charge in [0, 0.05) is 23.2 Å². The molecule has 0 saturated carbocycles. The third-order valence-corrected chi connectivity index (χ3v) is 5.57. The van der Waals surface area contributed by atoms with Crippen LogP contribution in [0.1, 0.15) is 38.9 Å². The minimum atomic E-state index is 0. The molecule has 1 amide bonds. The smallest absolute Gasteiger partial charge is 0.273 e. The zero-order chi connectivity index (χ0) is 14.1. The maximum atomic E-state index is 12.6. The number of hydrogen-bond acceptors (Lipinski definition) is 5. The lowest BCUT2D eigenvalue weighted by atomic mass is 10.0. The first kappa shape index (κ1) is 16.4. The fourth-order valence-corrected chi connectivity index (χ4v) is 4.33. The number of aromatic nitrogens is 1. The first-order valence-electron chi connectivity index (χ1n) is 6.72. The van der Waals surface area contributed by atoms with Crippen LogP contribution in [0, 0.1) is 0 Å². The number of fused-ring (bicyclic) bond motifs is 1. The molecule has 1 aliphatic heterocycles. The van der Waals surface area contributed by atoms with Crippen LogP contribution in [0.2, 0.25) is 0 Å². The molecule has 0 saturated heterocycles. The molecule has 2 aromatic rings. The Morgan fingerprint density at radius 1 is 1.52 bits per heavy atom. The van der Waals surface area contributed by atoms with Crippen molar-refractivity contribution < 1.29 is 4.79 Å². The van der Waals surface area contributed by atoms with E-state index in [9.17, 15) is 4.79 Å². The van der Waals surface area contributed by atoms with Crippen molar-refractivity contribution in [2.24, 2.45) is 5.73 Å². The second-order valence-corrected chi connectivity index (χ2v) is 6.83. The number of halogens is 1. The molecule has 0 fully saturated rings. The van der Waals surface area contributed by atoms with Gasteiger partial charge in [0.1, 0.15) is 5.69 Å². The topological polar surface area (TPSA) is 59.2 Å². The molecular formula is C14H18ClN3OS2. The van der Waals surface area contributed by atoms with Crippen molar-refractivity contribution in [2.75, 3.05) is 13.1 Å². The number of thiazole rings is 1. The van der Waals surface area contributed by atoms with Crippen LogP contribution in [-0.4, -0.2) is 28.9 Å². The molecule has 0 bridgehead atoms. The summed E-state index contributed by atoms with van der Waals surface area (Å²) in [6, 6.07) is 2.27. The van der Waals surface area contributed by atoms with E-state index in [1.807, 2.05) is 10.3 Å². The summed E-state index contributed by atoms with van der Waals surface area (Å²) < 4.78 is 0. The van der Waals surface area contributed by atoms with E-state index in [1.54, 1.807) is 11.3 Å². The summed E-state index contributed by atoms with van der Waals surface area (Å²) >= 11 is 3.30. The number of nitrogens with two attached hydrogens (primary N) is 1. The van der Waals surface area contributed by atoms with Gasteiger partial charge < -0.3 is 10.6 Å². The predicted molar refractivity (Wildman–Crippen MR) is 89.6 cm³/mol. The molecule has 1 atom stereocenters. The highest BCUT2D eigenvalue weighted by molar-refractivity contribution is 7.10. The summed E-state index contributed by atoms with van der Waals surface area (Å²) in [6.07, 6.45) is 1.69. The molecule has 0 radical (unpaired) electrons. The van der Waals surface area contributed by atoms with Crippen LogP contribution in [0.5, 0.6) is 0 Å². The van der Waals surface area contributed by atoms with Crippen molar-refractivity contribution in [3.05, 3.63) is 38.0 Å². The summed E-state index contributed by atoms with van der Waals surface area (Å²) in [5.74, 6) is 0.0360. The fraction of sp³-hybridized carbons (Fsp3) is 0.429. The second kappa shape index (κ2) is 6.87. The van der Waals surface area contributed by atoms with Gasteiger partial charge in [-0.2, -0.15) is 0 Å². The normalized spacial score (nSPS) is 17.2. The first-order chi connectivity index (χ1) is 9.70. The molecule has 2 aromatic heterocycles. The summed E-state index contributed by atoms with van der Waals surface area (Å²) in [6.45, 7) is 3.44. The van der Waals surface area contributed by atoms with E-state index in [0.717, 1.165) is 24.4 Å². The molecule has 2 N–H and O–H groups in total. The Balaban J connectivity index is 0.00000161. The highest BCUT2D eigenvalue weighted by atomic mass is 35.5. The number of carbonyl (C=O) groups excluding carboxylic acids is 1. The first-order valence-corrected chi connectivity index (χ1v) is 8.48. The van der Waals surface area contributed by atoms with Gasteiger partial charge in [-0.3, -0.25) is 4.79 Å². The van der Waals surface area contributed by atoms with Crippen LogP contribution in [-0.2, 0) is 12.8 Å². The van der Waals surface area contributed by atoms with Gasteiger partial charge in [-0.05, 0) is 36.9 Å². The lowest BCUT2D eigenvalue weighted by Gasteiger charge is -2.33. The standard InChI is InChI=1S/C14H17N3OS2.ClH/c1-9-10-4-7-19-12(10)3-6-17(9)14(18)11-8-20-13(16-11)2-5-15;/h4,7-9H,2-3,5-6,15H2,1H3;1H. The molecule has 4 nitrogen and oxygen atoms in total. The number of thiophene rings is 1. The van der Waals surface area contributed by atoms with E-state index in [4.69, 9.17) is 5.73 Å². The number of nitrogens with zero attached hydrogens (tertiary/aromatic N) is 2. The lowest BCUT2D eigenvalue weighted by Crippen LogP contribution is -2.38. The van der Waals surface area contributed by atoms with Crippen molar-refractivity contribution in [1.82, 2.24) is 9.88 Å². The van der Waals surface area contributed by atoms with E-state index >= 15 is 0 Å². The maximum absolute atomic E-state index is 12.6. The van der Waals surface area contributed by atoms with Crippen molar-refractivity contribution in [1.29, 1.82) is 0 Å². The Labute approximate surface area is 138 Å². The van der Waals surface area contributed by atoms with Gasteiger partial charge in [0.15, 0.2) is 0 Å². The Hall–Kier alpha value is -0.950. The third kappa shape index (κ3) is 3.13. The number of carbonyl (C=O) groups is 1. The Kier molecular flexibility index (Phi) is 5.37. The van der Waals surface area contributed by atoms with Crippen molar-refractivity contribution in [3.63, 3.8) is 0 Å². The van der Waals surface area contributed by atoms with Gasteiger partial charge in [0.25, 0.3) is 5.91 Å². The van der Waals surface area contributed by atoms with Crippen LogP contribution in [0.25, 0.3) is 0 Å². The summed E-state index contributed by atoms with van der Waals surface area (Å²) in [5.41, 5.74) is 7.37. The quantitative estimate of drug-likeness (QED) is 0.932. The van der Waals surface area contributed by atoms with Gasteiger partial charge in [-0.15, -0.1) is 35.1 Å². The number of hydrogen-bond donors (Lipinski definition) is 1. The highest BCUT2D eigenvalue weighted by Crippen LogP contribution is 2.33. The third-order valence-electron chi connectivity index (χ3n) is 3.67. The fourth-order valence-electron chi connectivity index (χ4n) is 2.58. The largest absolute Gasteiger partial charge is 0.330 e. The second-order valence-electron chi connectivity index (χ2n) is 4.89. The minimum Gasteiger partial charge on any atom is -0.330 e. The SMILES string of the molecule is CC1c2ccsc2CCN1C(=O)c1csc(CCN)n1.Cl. The molecular weight excluding hydrogens is 326 g/mol. The lowest BCUT2D eigenvalue weighted by molar-refractivity contribution is 0.0674. The van der Waals surface area contributed by atoms with Crippen LogP contribution < -0.4 is 5.73 Å². The van der Waals surface area contributed by atoms with Crippen molar-refractivity contribution >= 4 is 41.0 Å². The van der Waals surface area contributed by atoms with E-state index in [0.29, 0.717) is 12.2 Å². The van der Waals surface area contributed by atoms with Gasteiger partial charge in [0.2, 0.25) is 0 Å². The highest BCUT2D eigenvalue weighted by Gasteiger charge is 2.29. The molecule has 0 spiro atoms. The molecule has 21 heavy (non-hydrogen) atoms. The monoisotopic (exact) mass is 343 g/mol. The van der Waals surface area contributed by atoms with Crippen LogP contribution >= 0.6 is 35.1 Å². The Morgan fingerprint density at radius 2 is 2.33 bits per heavy atom. The molecule has 3 rings (SSSR count). The average Bonchev–Trinajstić information content (AvgIpc) is 3.08. The van der Waals surface area contributed by atoms with Crippen LogP contribution in [0.3, 0.4) is 0 Å². The number of rotatable bonds is 3. The van der Waals surface area contributed by atoms with E-state index in [-0.39, 0.29) is 24.4 Å². The van der Waals surface area contributed by atoms with E-state index < -0.39 is 0 Å². The van der Waals surface area contributed by atoms with E-state index in [2.05, 4.69) is 23.4 Å². The number of amides is 1. The molecule has 0 aromatic carbocycles. The minimum absolute atomic E-state index is 0. The van der Waals surface area contributed by atoms with Crippen LogP contribution in [0.4, 0.5) is 0 Å². The van der Waals surface area contributed by atoms with Crippen LogP contribution in [0.15, 0.2) is 16.8 Å². The summed E-state index contributed by atoms with van der Waals surface area (Å²) in [7, 11) is 0. The Bertz CT molecular complexity index is 625. The molecule has 7 heteroatoms. The Morgan fingerprint density at radius 3 is 3.10 bits per heavy atom. The molecule has 114 valence electrons. The van der Waals surface area contributed by atoms with Gasteiger partial charge in [-0.1, -0.05) is 0 Å². The van der Waals surface area contributed by atoms with Gasteiger partial charge in [-0.25, -0.2) is 4.98 Å². The maximum Gasteiger partial charge on any atom is 0.273 e. The summed E-state index contributed by atoms with van der Waals surface area (Å²) in [5, 5.41) is 4.90. The summed E-state index contributed by atoms with van der Waals surface area (Å²) in [4.78, 5) is 20.3. The molecule has 1 aliphatic rings. The molecule has 1 unspecified atom stereocenters. The molecule has 3 heterocycles. The van der Waals surface area contributed by atoms with Gasteiger partial charge >= 0.3 is 0 Å². The van der Waals surface area contributed by atoms with Gasteiger partial charge in [0.05, 0.1) is 11.0 Å². The van der Waals surface area contributed by atoms with E-state index in [1.165, 1.54) is 21.8 Å². The zero-order valence-electron chi connectivity index (χ0n) is 11.7. The molecule has 0 aliphatic carbocycles. The van der Waals surface area contributed by atoms with Crippen molar-refractivity contribution in [3.8, 4) is 0 Å². The van der Waals surface area contributed by atoms with Crippen molar-refractivity contribution in [2.45, 2.75) is 25.8 Å².